The smallest absolute Gasteiger partial charge is 0.127 e. The quantitative estimate of drug-likeness (QED) is 0.892. The SMILES string of the molecule is Oc1cc(F)cc(CN2CCCCC2C2CCCN2)c1. The lowest BCUT2D eigenvalue weighted by Crippen LogP contribution is -2.49. The summed E-state index contributed by atoms with van der Waals surface area (Å²) in [6.07, 6.45) is 6.22. The molecule has 1 aromatic rings. The maximum Gasteiger partial charge on any atom is 0.127 e. The minimum Gasteiger partial charge on any atom is -0.508 e. The van der Waals surface area contributed by atoms with E-state index < -0.39 is 0 Å². The van der Waals surface area contributed by atoms with E-state index in [4.69, 9.17) is 0 Å². The van der Waals surface area contributed by atoms with Crippen LogP contribution >= 0.6 is 0 Å². The molecule has 20 heavy (non-hydrogen) atoms. The van der Waals surface area contributed by atoms with E-state index >= 15 is 0 Å². The molecule has 0 aliphatic carbocycles. The molecule has 4 heteroatoms. The number of phenols is 1. The molecule has 110 valence electrons. The van der Waals surface area contributed by atoms with E-state index in [9.17, 15) is 9.50 Å². The second kappa shape index (κ2) is 6.10. The fraction of sp³-hybridized carbons (Fsp3) is 0.625. The van der Waals surface area contributed by atoms with Crippen molar-refractivity contribution in [1.82, 2.24) is 10.2 Å². The normalized spacial score (nSPS) is 27.9. The van der Waals surface area contributed by atoms with E-state index in [1.807, 2.05) is 0 Å². The zero-order valence-corrected chi connectivity index (χ0v) is 11.8. The zero-order valence-electron chi connectivity index (χ0n) is 11.8. The van der Waals surface area contributed by atoms with Crippen molar-refractivity contribution in [2.75, 3.05) is 13.1 Å². The average Bonchev–Trinajstić information content (AvgIpc) is 2.92. The molecule has 2 heterocycles. The van der Waals surface area contributed by atoms with Gasteiger partial charge in [-0.1, -0.05) is 6.42 Å². The number of aromatic hydroxyl groups is 1. The molecule has 2 atom stereocenters. The van der Waals surface area contributed by atoms with Crippen LogP contribution in [0.1, 0.15) is 37.7 Å². The number of hydrogen-bond acceptors (Lipinski definition) is 3. The summed E-state index contributed by atoms with van der Waals surface area (Å²) in [4.78, 5) is 2.46. The summed E-state index contributed by atoms with van der Waals surface area (Å²) < 4.78 is 13.4. The number of hydrogen-bond donors (Lipinski definition) is 2. The molecule has 1 aromatic carbocycles. The van der Waals surface area contributed by atoms with Gasteiger partial charge in [0.25, 0.3) is 0 Å². The highest BCUT2D eigenvalue weighted by atomic mass is 19.1. The first-order chi connectivity index (χ1) is 9.72. The highest BCUT2D eigenvalue weighted by molar-refractivity contribution is 5.28. The molecule has 0 spiro atoms. The molecule has 0 radical (unpaired) electrons. The Balaban J connectivity index is 1.72. The first-order valence-corrected chi connectivity index (χ1v) is 7.68. The molecule has 3 rings (SSSR count). The molecule has 0 aromatic heterocycles. The van der Waals surface area contributed by atoms with Gasteiger partial charge in [-0.3, -0.25) is 4.90 Å². The topological polar surface area (TPSA) is 35.5 Å². The van der Waals surface area contributed by atoms with Gasteiger partial charge in [-0.05, 0) is 56.5 Å². The van der Waals surface area contributed by atoms with Gasteiger partial charge in [0.1, 0.15) is 11.6 Å². The number of nitrogens with zero attached hydrogens (tertiary/aromatic N) is 1. The van der Waals surface area contributed by atoms with E-state index in [1.165, 1.54) is 38.2 Å². The molecule has 2 fully saturated rings. The molecule has 0 saturated carbocycles. The standard InChI is InChI=1S/C16H23FN2O/c17-13-8-12(9-14(20)10-13)11-19-7-2-1-5-16(19)15-4-3-6-18-15/h8-10,15-16,18,20H,1-7,11H2. The maximum absolute atomic E-state index is 13.4. The lowest BCUT2D eigenvalue weighted by atomic mass is 9.94. The van der Waals surface area contributed by atoms with E-state index in [-0.39, 0.29) is 11.6 Å². The fourth-order valence-corrected chi connectivity index (χ4v) is 3.67. The Kier molecular flexibility index (Phi) is 4.22. The fourth-order valence-electron chi connectivity index (χ4n) is 3.67. The monoisotopic (exact) mass is 278 g/mol. The molecule has 3 nitrogen and oxygen atoms in total. The minimum absolute atomic E-state index is 0.0209. The highest BCUT2D eigenvalue weighted by Gasteiger charge is 2.31. The number of piperidine rings is 1. The number of phenolic OH excluding ortho intramolecular Hbond substituents is 1. The number of nitrogens with one attached hydrogen (secondary N) is 1. The molecule has 2 unspecified atom stereocenters. The second-order valence-corrected chi connectivity index (χ2v) is 6.05. The van der Waals surface area contributed by atoms with Gasteiger partial charge in [0.05, 0.1) is 0 Å². The molecular formula is C16H23FN2O. The van der Waals surface area contributed by atoms with Gasteiger partial charge >= 0.3 is 0 Å². The van der Waals surface area contributed by atoms with Crippen LogP contribution in [0.3, 0.4) is 0 Å². The van der Waals surface area contributed by atoms with E-state index in [2.05, 4.69) is 10.2 Å². The second-order valence-electron chi connectivity index (χ2n) is 6.05. The predicted molar refractivity (Wildman–Crippen MR) is 77.1 cm³/mol. The van der Waals surface area contributed by atoms with Crippen molar-refractivity contribution in [3.05, 3.63) is 29.6 Å². The Bertz CT molecular complexity index is 440. The molecule has 2 aliphatic rings. The number of rotatable bonds is 3. The summed E-state index contributed by atoms with van der Waals surface area (Å²) in [5.74, 6) is -0.333. The molecule has 0 amide bonds. The van der Waals surface area contributed by atoms with Crippen molar-refractivity contribution >= 4 is 0 Å². The third kappa shape index (κ3) is 3.13. The Morgan fingerprint density at radius 2 is 2.10 bits per heavy atom. The van der Waals surface area contributed by atoms with Gasteiger partial charge in [-0.15, -0.1) is 0 Å². The zero-order chi connectivity index (χ0) is 13.9. The molecular weight excluding hydrogens is 255 g/mol. The van der Waals surface area contributed by atoms with Gasteiger partial charge in [0, 0.05) is 24.7 Å². The van der Waals surface area contributed by atoms with Crippen molar-refractivity contribution in [2.45, 2.75) is 50.7 Å². The first-order valence-electron chi connectivity index (χ1n) is 7.68. The van der Waals surface area contributed by atoms with Crippen molar-refractivity contribution in [3.63, 3.8) is 0 Å². The van der Waals surface area contributed by atoms with Crippen LogP contribution < -0.4 is 5.32 Å². The Morgan fingerprint density at radius 1 is 1.20 bits per heavy atom. The van der Waals surface area contributed by atoms with Crippen LogP contribution in [0.25, 0.3) is 0 Å². The van der Waals surface area contributed by atoms with Crippen LogP contribution in [0.5, 0.6) is 5.75 Å². The first kappa shape index (κ1) is 13.8. The Hall–Kier alpha value is -1.13. The van der Waals surface area contributed by atoms with Gasteiger partial charge in [0.2, 0.25) is 0 Å². The largest absolute Gasteiger partial charge is 0.508 e. The Labute approximate surface area is 119 Å². The summed E-state index contributed by atoms with van der Waals surface area (Å²) in [6, 6.07) is 5.51. The third-order valence-corrected chi connectivity index (χ3v) is 4.56. The van der Waals surface area contributed by atoms with Crippen LogP contribution in [-0.2, 0) is 6.54 Å². The van der Waals surface area contributed by atoms with Crippen LogP contribution in [-0.4, -0.2) is 35.2 Å². The van der Waals surface area contributed by atoms with Crippen LogP contribution in [0, 0.1) is 5.82 Å². The number of benzene rings is 1. The van der Waals surface area contributed by atoms with Crippen molar-refractivity contribution < 1.29 is 9.50 Å². The minimum atomic E-state index is -0.354. The van der Waals surface area contributed by atoms with Gasteiger partial charge in [0.15, 0.2) is 0 Å². The van der Waals surface area contributed by atoms with Crippen LogP contribution in [0.15, 0.2) is 18.2 Å². The van der Waals surface area contributed by atoms with Crippen LogP contribution in [0.4, 0.5) is 4.39 Å². The van der Waals surface area contributed by atoms with E-state index in [0.717, 1.165) is 31.3 Å². The van der Waals surface area contributed by atoms with Crippen molar-refractivity contribution in [3.8, 4) is 5.75 Å². The summed E-state index contributed by atoms with van der Waals surface area (Å²) in [5.41, 5.74) is 0.868. The lowest BCUT2D eigenvalue weighted by Gasteiger charge is -2.39. The van der Waals surface area contributed by atoms with E-state index in [1.54, 1.807) is 6.07 Å². The highest BCUT2D eigenvalue weighted by Crippen LogP contribution is 2.26. The molecule has 2 N–H and O–H groups in total. The summed E-state index contributed by atoms with van der Waals surface area (Å²) >= 11 is 0. The molecule has 2 saturated heterocycles. The molecule has 2 aliphatic heterocycles. The van der Waals surface area contributed by atoms with Gasteiger partial charge in [-0.25, -0.2) is 4.39 Å². The summed E-state index contributed by atoms with van der Waals surface area (Å²) in [5, 5.41) is 13.1. The number of likely N-dealkylation sites (tertiary alicyclic amines) is 1. The Morgan fingerprint density at radius 3 is 2.85 bits per heavy atom. The lowest BCUT2D eigenvalue weighted by molar-refractivity contribution is 0.112. The van der Waals surface area contributed by atoms with Crippen molar-refractivity contribution in [2.24, 2.45) is 0 Å². The number of halogens is 1. The predicted octanol–water partition coefficient (Wildman–Crippen LogP) is 2.64. The van der Waals surface area contributed by atoms with E-state index in [0.29, 0.717) is 12.1 Å². The third-order valence-electron chi connectivity index (χ3n) is 4.56. The van der Waals surface area contributed by atoms with Gasteiger partial charge < -0.3 is 10.4 Å². The molecule has 0 bridgehead atoms. The van der Waals surface area contributed by atoms with Gasteiger partial charge in [-0.2, -0.15) is 0 Å². The van der Waals surface area contributed by atoms with Crippen LogP contribution in [0.2, 0.25) is 0 Å². The van der Waals surface area contributed by atoms with Crippen molar-refractivity contribution in [1.29, 1.82) is 0 Å². The summed E-state index contributed by atoms with van der Waals surface area (Å²) in [7, 11) is 0. The maximum atomic E-state index is 13.4. The summed E-state index contributed by atoms with van der Waals surface area (Å²) in [6.45, 7) is 2.92. The average molecular weight is 278 g/mol.